The van der Waals surface area contributed by atoms with Crippen LogP contribution in [0.4, 0.5) is 5.69 Å². The van der Waals surface area contributed by atoms with Crippen LogP contribution in [-0.2, 0) is 17.9 Å². The molecule has 0 unspecified atom stereocenters. The molecule has 0 bridgehead atoms. The SMILES string of the molecule is CCn1c(COc2ccccc2Cl)nnc1SCC(=O)Nc1cc(C)cc(C)c1. The zero-order valence-electron chi connectivity index (χ0n) is 16.6. The highest BCUT2D eigenvalue weighted by Gasteiger charge is 2.14. The summed E-state index contributed by atoms with van der Waals surface area (Å²) in [4.78, 5) is 12.3. The second-order valence-electron chi connectivity index (χ2n) is 6.58. The van der Waals surface area contributed by atoms with Gasteiger partial charge in [0.15, 0.2) is 11.0 Å². The fraction of sp³-hybridized carbons (Fsp3) is 0.286. The number of thioether (sulfide) groups is 1. The zero-order chi connectivity index (χ0) is 20.8. The summed E-state index contributed by atoms with van der Waals surface area (Å²) in [7, 11) is 0. The molecule has 0 saturated heterocycles. The number of ether oxygens (including phenoxy) is 1. The number of hydrogen-bond donors (Lipinski definition) is 1. The number of benzene rings is 2. The van der Waals surface area contributed by atoms with E-state index in [1.165, 1.54) is 11.8 Å². The molecule has 29 heavy (non-hydrogen) atoms. The van der Waals surface area contributed by atoms with Crippen molar-refractivity contribution in [3.8, 4) is 5.75 Å². The predicted octanol–water partition coefficient (Wildman–Crippen LogP) is 4.88. The van der Waals surface area contributed by atoms with Crippen molar-refractivity contribution in [2.45, 2.75) is 39.1 Å². The molecule has 1 N–H and O–H groups in total. The Kier molecular flexibility index (Phi) is 7.17. The molecule has 0 spiro atoms. The van der Waals surface area contributed by atoms with E-state index in [0.717, 1.165) is 16.8 Å². The van der Waals surface area contributed by atoms with Crippen molar-refractivity contribution < 1.29 is 9.53 Å². The maximum absolute atomic E-state index is 12.3. The highest BCUT2D eigenvalue weighted by atomic mass is 35.5. The van der Waals surface area contributed by atoms with Gasteiger partial charge in [-0.05, 0) is 56.2 Å². The third-order valence-electron chi connectivity index (χ3n) is 4.14. The van der Waals surface area contributed by atoms with Crippen molar-refractivity contribution in [1.29, 1.82) is 0 Å². The number of amides is 1. The number of rotatable bonds is 8. The third kappa shape index (κ3) is 5.74. The van der Waals surface area contributed by atoms with Gasteiger partial charge in [0.1, 0.15) is 12.4 Å². The number of carbonyl (C=O) groups excluding carboxylic acids is 1. The Bertz CT molecular complexity index is 986. The lowest BCUT2D eigenvalue weighted by molar-refractivity contribution is -0.113. The van der Waals surface area contributed by atoms with Gasteiger partial charge in [-0.25, -0.2) is 0 Å². The Morgan fingerprint density at radius 2 is 1.90 bits per heavy atom. The first-order valence-electron chi connectivity index (χ1n) is 9.26. The normalized spacial score (nSPS) is 10.8. The Balaban J connectivity index is 1.59. The van der Waals surface area contributed by atoms with Crippen molar-refractivity contribution in [2.24, 2.45) is 0 Å². The number of carbonyl (C=O) groups is 1. The zero-order valence-corrected chi connectivity index (χ0v) is 18.2. The van der Waals surface area contributed by atoms with Crippen molar-refractivity contribution in [3.63, 3.8) is 0 Å². The van der Waals surface area contributed by atoms with Gasteiger partial charge in [-0.2, -0.15) is 0 Å². The lowest BCUT2D eigenvalue weighted by atomic mass is 10.1. The summed E-state index contributed by atoms with van der Waals surface area (Å²) in [6, 6.07) is 13.3. The molecule has 1 amide bonds. The Labute approximate surface area is 179 Å². The van der Waals surface area contributed by atoms with Crippen LogP contribution in [0.5, 0.6) is 5.75 Å². The molecule has 0 radical (unpaired) electrons. The minimum atomic E-state index is -0.0838. The number of para-hydroxylation sites is 1. The van der Waals surface area contributed by atoms with Crippen LogP contribution in [0.25, 0.3) is 0 Å². The minimum Gasteiger partial charge on any atom is -0.484 e. The molecular weight excluding hydrogens is 408 g/mol. The molecular formula is C21H23ClN4O2S. The summed E-state index contributed by atoms with van der Waals surface area (Å²) >= 11 is 7.47. The fourth-order valence-corrected chi connectivity index (χ4v) is 3.94. The molecule has 8 heteroatoms. The van der Waals surface area contributed by atoms with Crippen LogP contribution >= 0.6 is 23.4 Å². The molecule has 2 aromatic carbocycles. The molecule has 6 nitrogen and oxygen atoms in total. The number of nitrogens with zero attached hydrogens (tertiary/aromatic N) is 3. The number of anilines is 1. The van der Waals surface area contributed by atoms with Crippen LogP contribution in [0.15, 0.2) is 47.6 Å². The Morgan fingerprint density at radius 1 is 1.17 bits per heavy atom. The number of aromatic nitrogens is 3. The van der Waals surface area contributed by atoms with Crippen LogP contribution in [-0.4, -0.2) is 26.4 Å². The van der Waals surface area contributed by atoms with Crippen LogP contribution in [0.2, 0.25) is 5.02 Å². The van der Waals surface area contributed by atoms with Gasteiger partial charge in [0, 0.05) is 12.2 Å². The first-order valence-corrected chi connectivity index (χ1v) is 10.6. The number of halogens is 1. The predicted molar refractivity (Wildman–Crippen MR) is 117 cm³/mol. The summed E-state index contributed by atoms with van der Waals surface area (Å²) in [5.41, 5.74) is 3.03. The van der Waals surface area contributed by atoms with Gasteiger partial charge in [-0.3, -0.25) is 4.79 Å². The van der Waals surface area contributed by atoms with Gasteiger partial charge in [0.05, 0.1) is 10.8 Å². The molecule has 3 aromatic rings. The number of aryl methyl sites for hydroxylation is 2. The van der Waals surface area contributed by atoms with Gasteiger partial charge >= 0.3 is 0 Å². The first-order chi connectivity index (χ1) is 14.0. The molecule has 0 atom stereocenters. The van der Waals surface area contributed by atoms with E-state index in [4.69, 9.17) is 16.3 Å². The van der Waals surface area contributed by atoms with Crippen LogP contribution < -0.4 is 10.1 Å². The van der Waals surface area contributed by atoms with Gasteiger partial charge < -0.3 is 14.6 Å². The third-order valence-corrected chi connectivity index (χ3v) is 5.42. The lowest BCUT2D eigenvalue weighted by Crippen LogP contribution is -2.15. The second-order valence-corrected chi connectivity index (χ2v) is 7.93. The van der Waals surface area contributed by atoms with E-state index in [2.05, 4.69) is 21.6 Å². The average molecular weight is 431 g/mol. The van der Waals surface area contributed by atoms with E-state index in [0.29, 0.717) is 28.3 Å². The smallest absolute Gasteiger partial charge is 0.234 e. The van der Waals surface area contributed by atoms with Gasteiger partial charge in [0.25, 0.3) is 0 Å². The summed E-state index contributed by atoms with van der Waals surface area (Å²) < 4.78 is 7.70. The van der Waals surface area contributed by atoms with Crippen LogP contribution in [0.3, 0.4) is 0 Å². The molecule has 1 aromatic heterocycles. The molecule has 0 aliphatic carbocycles. The largest absolute Gasteiger partial charge is 0.484 e. The van der Waals surface area contributed by atoms with Gasteiger partial charge in [-0.1, -0.05) is 41.6 Å². The van der Waals surface area contributed by atoms with E-state index < -0.39 is 0 Å². The quantitative estimate of drug-likeness (QED) is 0.516. The number of nitrogens with one attached hydrogen (secondary N) is 1. The van der Waals surface area contributed by atoms with E-state index in [9.17, 15) is 4.79 Å². The molecule has 0 saturated carbocycles. The fourth-order valence-electron chi connectivity index (χ4n) is 2.93. The van der Waals surface area contributed by atoms with E-state index in [1.54, 1.807) is 6.07 Å². The molecule has 0 aliphatic rings. The van der Waals surface area contributed by atoms with Crippen molar-refractivity contribution in [3.05, 3.63) is 64.4 Å². The summed E-state index contributed by atoms with van der Waals surface area (Å²) in [6.07, 6.45) is 0. The van der Waals surface area contributed by atoms with Gasteiger partial charge in [0.2, 0.25) is 5.91 Å². The average Bonchev–Trinajstić information content (AvgIpc) is 3.06. The van der Waals surface area contributed by atoms with E-state index >= 15 is 0 Å². The highest BCUT2D eigenvalue weighted by Crippen LogP contribution is 2.25. The molecule has 0 aliphatic heterocycles. The van der Waals surface area contributed by atoms with Crippen LogP contribution in [0.1, 0.15) is 23.9 Å². The first kappa shape index (κ1) is 21.2. The maximum atomic E-state index is 12.3. The standard InChI is InChI=1S/C21H23ClN4O2S/c1-4-26-19(12-28-18-8-6-5-7-17(18)22)24-25-21(26)29-13-20(27)23-16-10-14(2)9-15(3)11-16/h5-11H,4,12-13H2,1-3H3,(H,23,27). The van der Waals surface area contributed by atoms with Crippen molar-refractivity contribution >= 4 is 35.0 Å². The lowest BCUT2D eigenvalue weighted by Gasteiger charge is -2.10. The molecule has 1 heterocycles. The highest BCUT2D eigenvalue weighted by molar-refractivity contribution is 7.99. The second kappa shape index (κ2) is 9.80. The summed E-state index contributed by atoms with van der Waals surface area (Å²) in [6.45, 7) is 6.94. The monoisotopic (exact) mass is 430 g/mol. The van der Waals surface area contributed by atoms with Crippen LogP contribution in [0, 0.1) is 13.8 Å². The summed E-state index contributed by atoms with van der Waals surface area (Å²) in [5, 5.41) is 12.6. The minimum absolute atomic E-state index is 0.0838. The van der Waals surface area contributed by atoms with E-state index in [-0.39, 0.29) is 18.3 Å². The topological polar surface area (TPSA) is 69.0 Å². The van der Waals surface area contributed by atoms with E-state index in [1.807, 2.05) is 55.7 Å². The Morgan fingerprint density at radius 3 is 2.59 bits per heavy atom. The maximum Gasteiger partial charge on any atom is 0.234 e. The van der Waals surface area contributed by atoms with Crippen molar-refractivity contribution in [2.75, 3.05) is 11.1 Å². The van der Waals surface area contributed by atoms with Gasteiger partial charge in [-0.15, -0.1) is 10.2 Å². The molecule has 152 valence electrons. The van der Waals surface area contributed by atoms with Crippen molar-refractivity contribution in [1.82, 2.24) is 14.8 Å². The summed E-state index contributed by atoms with van der Waals surface area (Å²) in [5.74, 6) is 1.45. The molecule has 0 fully saturated rings. The number of hydrogen-bond acceptors (Lipinski definition) is 5. The molecule has 3 rings (SSSR count). The Hall–Kier alpha value is -2.51.